The van der Waals surface area contributed by atoms with Crippen LogP contribution in [0.1, 0.15) is 13.3 Å². The lowest BCUT2D eigenvalue weighted by Gasteiger charge is -2.21. The molecule has 1 unspecified atom stereocenters. The molecule has 1 atom stereocenters. The van der Waals surface area contributed by atoms with E-state index in [9.17, 15) is 4.79 Å². The third kappa shape index (κ3) is 5.35. The minimum Gasteiger partial charge on any atom is -0.453 e. The molecular formula is C7H18O2Si2. The van der Waals surface area contributed by atoms with Crippen LogP contribution in [-0.2, 0) is 8.91 Å². The molecular weight excluding hydrogens is 172 g/mol. The summed E-state index contributed by atoms with van der Waals surface area (Å²) in [7, 11) is -2.96. The molecule has 0 aliphatic carbocycles. The minimum absolute atomic E-state index is 0.340. The van der Waals surface area contributed by atoms with Gasteiger partial charge in [0.25, 0.3) is 0 Å². The van der Waals surface area contributed by atoms with Gasteiger partial charge in [-0.15, -0.1) is 0 Å². The van der Waals surface area contributed by atoms with Crippen molar-refractivity contribution < 1.29 is 8.91 Å². The summed E-state index contributed by atoms with van der Waals surface area (Å²) < 4.78 is 5.72. The Kier molecular flexibility index (Phi) is 4.20. The van der Waals surface area contributed by atoms with E-state index in [2.05, 4.69) is 19.6 Å². The van der Waals surface area contributed by atoms with Crippen molar-refractivity contribution >= 4 is 22.8 Å². The minimum atomic E-state index is -1.50. The van der Waals surface area contributed by atoms with Gasteiger partial charge in [0.05, 0.1) is 0 Å². The highest BCUT2D eigenvalue weighted by molar-refractivity contribution is 6.91. The number of hydrogen-bond donors (Lipinski definition) is 0. The molecule has 0 aromatic rings. The molecule has 0 bridgehead atoms. The molecule has 0 N–H and O–H groups in total. The zero-order valence-electron chi connectivity index (χ0n) is 8.10. The number of hydrogen-bond acceptors (Lipinski definition) is 2. The van der Waals surface area contributed by atoms with Crippen LogP contribution in [0.4, 0.5) is 0 Å². The van der Waals surface area contributed by atoms with Crippen LogP contribution in [-0.4, -0.2) is 22.8 Å². The Morgan fingerprint density at radius 1 is 1.45 bits per heavy atom. The van der Waals surface area contributed by atoms with Gasteiger partial charge >= 0.3 is 0 Å². The van der Waals surface area contributed by atoms with E-state index in [1.807, 2.05) is 13.5 Å². The van der Waals surface area contributed by atoms with Crippen LogP contribution in [0.3, 0.4) is 0 Å². The van der Waals surface area contributed by atoms with Crippen LogP contribution in [0.2, 0.25) is 26.2 Å². The van der Waals surface area contributed by atoms with E-state index in [0.29, 0.717) is 11.8 Å². The topological polar surface area (TPSA) is 26.3 Å². The fourth-order valence-electron chi connectivity index (χ4n) is 0.884. The van der Waals surface area contributed by atoms with Gasteiger partial charge in [-0.1, -0.05) is 6.92 Å². The average molecular weight is 190 g/mol. The maximum Gasteiger partial charge on any atom is 0.235 e. The maximum atomic E-state index is 11.1. The first-order valence-corrected chi connectivity index (χ1v) is 9.68. The highest BCUT2D eigenvalue weighted by Gasteiger charge is 2.22. The molecule has 66 valence electrons. The Morgan fingerprint density at radius 2 is 1.91 bits per heavy atom. The Labute approximate surface area is 71.8 Å². The predicted molar refractivity (Wildman–Crippen MR) is 52.7 cm³/mol. The molecule has 0 aliphatic heterocycles. The SMILES string of the molecule is CCC(=O)[SiH](C)O[Si](C)(C)C. The van der Waals surface area contributed by atoms with Crippen molar-refractivity contribution in [3.63, 3.8) is 0 Å². The molecule has 0 spiro atoms. The number of carbonyl (C=O) groups is 1. The Bertz CT molecular complexity index is 140. The molecule has 11 heavy (non-hydrogen) atoms. The first-order chi connectivity index (χ1) is 4.87. The molecule has 0 saturated carbocycles. The van der Waals surface area contributed by atoms with Gasteiger partial charge in [0, 0.05) is 6.42 Å². The van der Waals surface area contributed by atoms with E-state index in [0.717, 1.165) is 0 Å². The zero-order valence-corrected chi connectivity index (χ0v) is 10.3. The highest BCUT2D eigenvalue weighted by Crippen LogP contribution is 2.06. The monoisotopic (exact) mass is 190 g/mol. The second kappa shape index (κ2) is 4.18. The third-order valence-corrected chi connectivity index (χ3v) is 6.89. The van der Waals surface area contributed by atoms with Crippen molar-refractivity contribution in [2.75, 3.05) is 0 Å². The molecule has 2 nitrogen and oxygen atoms in total. The number of carbonyl (C=O) groups excluding carboxylic acids is 1. The number of rotatable bonds is 4. The van der Waals surface area contributed by atoms with E-state index in [4.69, 9.17) is 4.12 Å². The van der Waals surface area contributed by atoms with Gasteiger partial charge in [-0.05, 0) is 26.2 Å². The van der Waals surface area contributed by atoms with Crippen LogP contribution in [0, 0.1) is 0 Å². The van der Waals surface area contributed by atoms with Crippen molar-refractivity contribution in [1.82, 2.24) is 0 Å². The molecule has 0 rings (SSSR count). The lowest BCUT2D eigenvalue weighted by molar-refractivity contribution is -0.112. The summed E-state index contributed by atoms with van der Waals surface area (Å²) in [6, 6.07) is 0. The fraction of sp³-hybridized carbons (Fsp3) is 0.857. The standard InChI is InChI=1S/C7H18O2Si2/c1-6-7(8)10(2)9-11(3,4)5/h10H,6H2,1-5H3. The third-order valence-electron chi connectivity index (χ3n) is 1.33. The average Bonchev–Trinajstić information content (AvgIpc) is 1.82. The molecule has 4 heteroatoms. The van der Waals surface area contributed by atoms with Crippen molar-refractivity contribution in [1.29, 1.82) is 0 Å². The van der Waals surface area contributed by atoms with E-state index in [-0.39, 0.29) is 0 Å². The lowest BCUT2D eigenvalue weighted by Crippen LogP contribution is -2.38. The highest BCUT2D eigenvalue weighted by atomic mass is 28.4. The van der Waals surface area contributed by atoms with E-state index >= 15 is 0 Å². The summed E-state index contributed by atoms with van der Waals surface area (Å²) in [5.74, 6) is 0. The van der Waals surface area contributed by atoms with Gasteiger partial charge in [0.1, 0.15) is 5.41 Å². The van der Waals surface area contributed by atoms with Gasteiger partial charge in [0.15, 0.2) is 8.32 Å². The van der Waals surface area contributed by atoms with Gasteiger partial charge in [0.2, 0.25) is 9.04 Å². The van der Waals surface area contributed by atoms with Crippen molar-refractivity contribution in [2.24, 2.45) is 0 Å². The smallest absolute Gasteiger partial charge is 0.235 e. The largest absolute Gasteiger partial charge is 0.453 e. The molecule has 0 heterocycles. The van der Waals surface area contributed by atoms with Crippen LogP contribution in [0.15, 0.2) is 0 Å². The second-order valence-electron chi connectivity index (χ2n) is 3.69. The molecule has 0 amide bonds. The van der Waals surface area contributed by atoms with Gasteiger partial charge < -0.3 is 8.91 Å². The molecule has 0 saturated heterocycles. The normalized spacial score (nSPS) is 14.6. The summed E-state index contributed by atoms with van der Waals surface area (Å²) in [5.41, 5.74) is 0. The summed E-state index contributed by atoms with van der Waals surface area (Å²) in [6.07, 6.45) is 0.637. The molecule has 0 fully saturated rings. The van der Waals surface area contributed by atoms with Crippen molar-refractivity contribution in [3.05, 3.63) is 0 Å². The van der Waals surface area contributed by atoms with Gasteiger partial charge in [-0.2, -0.15) is 0 Å². The second-order valence-corrected chi connectivity index (χ2v) is 10.8. The summed E-state index contributed by atoms with van der Waals surface area (Å²) in [5, 5.41) is 0.340. The first kappa shape index (κ1) is 11.1. The van der Waals surface area contributed by atoms with Crippen molar-refractivity contribution in [3.8, 4) is 0 Å². The maximum absolute atomic E-state index is 11.1. The summed E-state index contributed by atoms with van der Waals surface area (Å²) >= 11 is 0. The quantitative estimate of drug-likeness (QED) is 0.631. The van der Waals surface area contributed by atoms with E-state index in [1.54, 1.807) is 0 Å². The van der Waals surface area contributed by atoms with Crippen LogP contribution in [0.5, 0.6) is 0 Å². The summed E-state index contributed by atoms with van der Waals surface area (Å²) in [4.78, 5) is 11.1. The summed E-state index contributed by atoms with van der Waals surface area (Å²) in [6.45, 7) is 10.3. The van der Waals surface area contributed by atoms with Crippen LogP contribution in [0.25, 0.3) is 0 Å². The predicted octanol–water partition coefficient (Wildman–Crippen LogP) is 1.71. The van der Waals surface area contributed by atoms with Crippen LogP contribution >= 0.6 is 0 Å². The van der Waals surface area contributed by atoms with Gasteiger partial charge in [-0.3, -0.25) is 0 Å². The fourth-order valence-corrected chi connectivity index (χ4v) is 6.23. The molecule has 0 aromatic carbocycles. The Balaban J connectivity index is 3.87. The van der Waals surface area contributed by atoms with Crippen molar-refractivity contribution in [2.45, 2.75) is 39.5 Å². The first-order valence-electron chi connectivity index (χ1n) is 4.07. The molecule has 0 radical (unpaired) electrons. The lowest BCUT2D eigenvalue weighted by atomic mass is 10.6. The Hall–Kier alpha value is 0.0638. The molecule has 0 aliphatic rings. The zero-order chi connectivity index (χ0) is 9.07. The van der Waals surface area contributed by atoms with Gasteiger partial charge in [-0.25, -0.2) is 0 Å². The van der Waals surface area contributed by atoms with E-state index in [1.165, 1.54) is 0 Å². The Morgan fingerprint density at radius 3 is 2.18 bits per heavy atom. The van der Waals surface area contributed by atoms with E-state index < -0.39 is 17.4 Å². The van der Waals surface area contributed by atoms with Crippen LogP contribution < -0.4 is 0 Å². The molecule has 0 aromatic heterocycles.